The van der Waals surface area contributed by atoms with E-state index in [1.807, 2.05) is 72.9 Å². The molecule has 0 saturated heterocycles. The highest BCUT2D eigenvalue weighted by Gasteiger charge is 2.14. The molecule has 7 rings (SSSR count). The first-order valence-electron chi connectivity index (χ1n) is 12.6. The Labute approximate surface area is 220 Å². The number of rotatable bonds is 4. The second-order valence-corrected chi connectivity index (χ2v) is 9.16. The predicted molar refractivity (Wildman–Crippen MR) is 154 cm³/mol. The Bertz CT molecular complexity index is 1860. The fourth-order valence-electron chi connectivity index (χ4n) is 4.92. The van der Waals surface area contributed by atoms with Crippen molar-refractivity contribution in [2.24, 2.45) is 0 Å². The van der Waals surface area contributed by atoms with E-state index in [1.165, 1.54) is 5.39 Å². The van der Waals surface area contributed by atoms with Crippen LogP contribution in [0.4, 0.5) is 0 Å². The summed E-state index contributed by atoms with van der Waals surface area (Å²) in [6.07, 6.45) is 1.85. The van der Waals surface area contributed by atoms with Gasteiger partial charge in [-0.2, -0.15) is 0 Å². The zero-order valence-corrected chi connectivity index (χ0v) is 20.5. The molecule has 0 bridgehead atoms. The summed E-state index contributed by atoms with van der Waals surface area (Å²) in [4.78, 5) is 19.3. The van der Waals surface area contributed by atoms with Crippen molar-refractivity contribution in [3.8, 4) is 45.3 Å². The van der Waals surface area contributed by atoms with Crippen molar-refractivity contribution in [1.82, 2.24) is 19.9 Å². The smallest absolute Gasteiger partial charge is 0.164 e. The molecule has 5 aromatic carbocycles. The van der Waals surface area contributed by atoms with E-state index < -0.39 is 0 Å². The van der Waals surface area contributed by atoms with E-state index in [0.717, 1.165) is 44.1 Å². The van der Waals surface area contributed by atoms with Crippen LogP contribution in [0.5, 0.6) is 0 Å². The number of benzene rings is 5. The average molecular weight is 487 g/mol. The quantitative estimate of drug-likeness (QED) is 0.235. The zero-order valence-electron chi connectivity index (χ0n) is 20.5. The number of fused-ring (bicyclic) bond motifs is 3. The van der Waals surface area contributed by atoms with Gasteiger partial charge in [-0.15, -0.1) is 0 Å². The van der Waals surface area contributed by atoms with Gasteiger partial charge in [0.05, 0.1) is 5.52 Å². The third kappa shape index (κ3) is 3.98. The van der Waals surface area contributed by atoms with Crippen LogP contribution in [0, 0.1) is 0 Å². The molecule has 0 atom stereocenters. The van der Waals surface area contributed by atoms with Crippen LogP contribution >= 0.6 is 0 Å². The third-order valence-electron chi connectivity index (χ3n) is 6.74. The molecule has 0 spiro atoms. The largest absolute Gasteiger partial charge is 0.256 e. The molecule has 0 fully saturated rings. The maximum atomic E-state index is 4.91. The topological polar surface area (TPSA) is 51.6 Å². The van der Waals surface area contributed by atoms with Crippen molar-refractivity contribution in [1.29, 1.82) is 0 Å². The van der Waals surface area contributed by atoms with Crippen molar-refractivity contribution < 1.29 is 0 Å². The molecule has 4 nitrogen and oxygen atoms in total. The van der Waals surface area contributed by atoms with E-state index in [1.54, 1.807) is 0 Å². The van der Waals surface area contributed by atoms with E-state index in [-0.39, 0.29) is 0 Å². The van der Waals surface area contributed by atoms with Gasteiger partial charge >= 0.3 is 0 Å². The van der Waals surface area contributed by atoms with Gasteiger partial charge in [-0.05, 0) is 34.7 Å². The molecule has 0 aliphatic heterocycles. The molecule has 0 N–H and O–H groups in total. The highest BCUT2D eigenvalue weighted by molar-refractivity contribution is 6.12. The fourth-order valence-corrected chi connectivity index (χ4v) is 4.92. The summed E-state index contributed by atoms with van der Waals surface area (Å²) in [6, 6.07) is 43.3. The third-order valence-corrected chi connectivity index (χ3v) is 6.74. The Kier molecular flexibility index (Phi) is 5.41. The van der Waals surface area contributed by atoms with Crippen LogP contribution in [-0.4, -0.2) is 19.9 Å². The normalized spacial score (nSPS) is 11.2. The van der Waals surface area contributed by atoms with Crippen LogP contribution in [-0.2, 0) is 0 Å². The molecule has 4 heteroatoms. The van der Waals surface area contributed by atoms with Crippen molar-refractivity contribution in [3.63, 3.8) is 0 Å². The Hall–Kier alpha value is -5.22. The first kappa shape index (κ1) is 22.0. The van der Waals surface area contributed by atoms with Crippen LogP contribution in [0.25, 0.3) is 67.0 Å². The van der Waals surface area contributed by atoms with Crippen LogP contribution in [0.15, 0.2) is 134 Å². The highest BCUT2D eigenvalue weighted by atomic mass is 15.0. The summed E-state index contributed by atoms with van der Waals surface area (Å²) in [5, 5.41) is 3.43. The van der Waals surface area contributed by atoms with Crippen molar-refractivity contribution >= 4 is 21.7 Å². The van der Waals surface area contributed by atoms with Crippen LogP contribution < -0.4 is 0 Å². The summed E-state index contributed by atoms with van der Waals surface area (Å²) < 4.78 is 0. The van der Waals surface area contributed by atoms with Gasteiger partial charge in [0.15, 0.2) is 17.5 Å². The van der Waals surface area contributed by atoms with Crippen molar-refractivity contribution in [2.75, 3.05) is 0 Å². The molecule has 0 amide bonds. The van der Waals surface area contributed by atoms with E-state index >= 15 is 0 Å². The number of hydrogen-bond acceptors (Lipinski definition) is 4. The Morgan fingerprint density at radius 3 is 1.63 bits per heavy atom. The number of hydrogen-bond donors (Lipinski definition) is 0. The van der Waals surface area contributed by atoms with E-state index in [9.17, 15) is 0 Å². The van der Waals surface area contributed by atoms with Gasteiger partial charge in [-0.1, -0.05) is 109 Å². The second kappa shape index (κ2) is 9.34. The van der Waals surface area contributed by atoms with Gasteiger partial charge in [-0.25, -0.2) is 15.0 Å². The summed E-state index contributed by atoms with van der Waals surface area (Å²) in [6.45, 7) is 0. The molecule has 178 valence electrons. The second-order valence-electron chi connectivity index (χ2n) is 9.16. The lowest BCUT2D eigenvalue weighted by molar-refractivity contribution is 1.07. The lowest BCUT2D eigenvalue weighted by Crippen LogP contribution is -2.00. The summed E-state index contributed by atoms with van der Waals surface area (Å²) >= 11 is 0. The van der Waals surface area contributed by atoms with Crippen LogP contribution in [0.2, 0.25) is 0 Å². The van der Waals surface area contributed by atoms with Gasteiger partial charge in [0, 0.05) is 33.7 Å². The fraction of sp³-hybridized carbons (Fsp3) is 0. The molecular formula is C34H22N4. The first-order chi connectivity index (χ1) is 18.8. The van der Waals surface area contributed by atoms with E-state index in [4.69, 9.17) is 15.0 Å². The Balaban J connectivity index is 1.42. The van der Waals surface area contributed by atoms with Gasteiger partial charge in [0.1, 0.15) is 0 Å². The van der Waals surface area contributed by atoms with E-state index in [0.29, 0.717) is 17.5 Å². The van der Waals surface area contributed by atoms with Gasteiger partial charge < -0.3 is 0 Å². The average Bonchev–Trinajstić information content (AvgIpc) is 3.01. The van der Waals surface area contributed by atoms with Crippen LogP contribution in [0.1, 0.15) is 0 Å². The molecule has 0 saturated carbocycles. The summed E-state index contributed by atoms with van der Waals surface area (Å²) in [5.74, 6) is 1.95. The molecule has 38 heavy (non-hydrogen) atoms. The van der Waals surface area contributed by atoms with Crippen LogP contribution in [0.3, 0.4) is 0 Å². The zero-order chi connectivity index (χ0) is 25.3. The number of aromatic nitrogens is 4. The lowest BCUT2D eigenvalue weighted by Gasteiger charge is -2.12. The Morgan fingerprint density at radius 1 is 0.395 bits per heavy atom. The maximum absolute atomic E-state index is 4.91. The SMILES string of the molecule is c1ccc(-c2nc(-c3ccccc3)nc(-c3cccc(-c4cc5cccnc5c5ccccc45)c3)n2)cc1. The summed E-state index contributed by atoms with van der Waals surface area (Å²) in [7, 11) is 0. The lowest BCUT2D eigenvalue weighted by atomic mass is 9.94. The molecule has 0 radical (unpaired) electrons. The van der Waals surface area contributed by atoms with Gasteiger partial charge in [0.2, 0.25) is 0 Å². The number of nitrogens with zero attached hydrogens (tertiary/aromatic N) is 4. The van der Waals surface area contributed by atoms with Crippen molar-refractivity contribution in [2.45, 2.75) is 0 Å². The molecule has 0 aliphatic carbocycles. The number of pyridine rings is 1. The highest BCUT2D eigenvalue weighted by Crippen LogP contribution is 2.35. The Morgan fingerprint density at radius 2 is 0.947 bits per heavy atom. The minimum Gasteiger partial charge on any atom is -0.256 e. The minimum atomic E-state index is 0.645. The van der Waals surface area contributed by atoms with Gasteiger partial charge in [0.25, 0.3) is 0 Å². The van der Waals surface area contributed by atoms with Crippen molar-refractivity contribution in [3.05, 3.63) is 134 Å². The molecule has 7 aromatic rings. The monoisotopic (exact) mass is 486 g/mol. The van der Waals surface area contributed by atoms with Gasteiger partial charge in [-0.3, -0.25) is 4.98 Å². The molecular weight excluding hydrogens is 464 g/mol. The minimum absolute atomic E-state index is 0.645. The molecule has 0 unspecified atom stereocenters. The summed E-state index contributed by atoms with van der Waals surface area (Å²) in [5.41, 5.74) is 6.13. The standard InChI is InChI=1S/C34H22N4/c1-3-11-23(12-4-1)32-36-33(24-13-5-2-6-14-24)38-34(37-32)27-16-9-15-25(21-27)30-22-26-17-10-20-35-31(26)29-19-8-7-18-28(29)30/h1-22H. The molecule has 2 aromatic heterocycles. The predicted octanol–water partition coefficient (Wildman–Crippen LogP) is 8.24. The van der Waals surface area contributed by atoms with E-state index in [2.05, 4.69) is 65.6 Å². The molecule has 2 heterocycles. The first-order valence-corrected chi connectivity index (χ1v) is 12.6. The molecule has 0 aliphatic rings. The maximum Gasteiger partial charge on any atom is 0.164 e.